The number of nitrogens with one attached hydrogen (secondary N) is 1. The third kappa shape index (κ3) is 2.96. The van der Waals surface area contributed by atoms with Crippen LogP contribution in [-0.2, 0) is 10.0 Å². The average molecular weight is 313 g/mol. The average Bonchev–Trinajstić information content (AvgIpc) is 3.30. The van der Waals surface area contributed by atoms with Crippen LogP contribution in [0.1, 0.15) is 41.7 Å². The Bertz CT molecular complexity index is 645. The van der Waals surface area contributed by atoms with Gasteiger partial charge in [0.15, 0.2) is 0 Å². The number of hydrogen-bond acceptors (Lipinski definition) is 4. The van der Waals surface area contributed by atoms with E-state index in [1.807, 2.05) is 0 Å². The smallest absolute Gasteiger partial charge is 0.340 e. The van der Waals surface area contributed by atoms with Crippen LogP contribution in [0.2, 0.25) is 0 Å². The highest BCUT2D eigenvalue weighted by Gasteiger charge is 2.39. The van der Waals surface area contributed by atoms with Crippen LogP contribution in [0.15, 0.2) is 5.03 Å². The Morgan fingerprint density at radius 1 is 1.29 bits per heavy atom. The van der Waals surface area contributed by atoms with Gasteiger partial charge in [-0.15, -0.1) is 0 Å². The van der Waals surface area contributed by atoms with Crippen molar-refractivity contribution in [3.8, 4) is 0 Å². The summed E-state index contributed by atoms with van der Waals surface area (Å²) in [6.07, 6.45) is 4.17. The van der Waals surface area contributed by atoms with E-state index in [2.05, 4.69) is 10.2 Å². The number of carbonyl (C=O) groups is 1. The largest absolute Gasteiger partial charge is 0.478 e. The fraction of sp³-hybridized carbons (Fsp3) is 0.692. The van der Waals surface area contributed by atoms with Crippen LogP contribution in [0.25, 0.3) is 0 Å². The number of H-pyrrole nitrogens is 1. The summed E-state index contributed by atoms with van der Waals surface area (Å²) in [5.41, 5.74) is 0.0189. The summed E-state index contributed by atoms with van der Waals surface area (Å²) in [5.74, 6) is -0.448. The van der Waals surface area contributed by atoms with Crippen LogP contribution in [-0.4, -0.2) is 47.1 Å². The lowest BCUT2D eigenvalue weighted by molar-refractivity contribution is 0.0691. The zero-order chi connectivity index (χ0) is 15.2. The molecule has 0 saturated heterocycles. The lowest BCUT2D eigenvalue weighted by atomic mass is 10.3. The van der Waals surface area contributed by atoms with Gasteiger partial charge in [0.05, 0.1) is 0 Å². The molecular formula is C13H19N3O4S. The van der Waals surface area contributed by atoms with E-state index in [4.69, 9.17) is 0 Å². The number of rotatable bonds is 7. The van der Waals surface area contributed by atoms with Crippen molar-refractivity contribution in [3.63, 3.8) is 0 Å². The maximum atomic E-state index is 12.8. The number of carboxylic acid groups (broad SMARTS) is 1. The Morgan fingerprint density at radius 3 is 2.24 bits per heavy atom. The van der Waals surface area contributed by atoms with Crippen LogP contribution < -0.4 is 0 Å². The van der Waals surface area contributed by atoms with Crippen molar-refractivity contribution in [2.24, 2.45) is 11.8 Å². The number of carboxylic acids is 1. The molecule has 1 aromatic heterocycles. The van der Waals surface area contributed by atoms with Crippen LogP contribution >= 0.6 is 0 Å². The second kappa shape index (κ2) is 5.10. The Morgan fingerprint density at radius 2 is 1.81 bits per heavy atom. The van der Waals surface area contributed by atoms with E-state index in [9.17, 15) is 18.3 Å². The van der Waals surface area contributed by atoms with Crippen molar-refractivity contribution in [2.45, 2.75) is 37.6 Å². The molecule has 0 aromatic carbocycles. The molecule has 2 saturated carbocycles. The molecule has 2 N–H and O–H groups in total. The normalized spacial score (nSPS) is 19.1. The highest BCUT2D eigenvalue weighted by molar-refractivity contribution is 7.89. The predicted molar refractivity (Wildman–Crippen MR) is 74.5 cm³/mol. The number of aromatic carboxylic acids is 1. The molecule has 21 heavy (non-hydrogen) atoms. The van der Waals surface area contributed by atoms with Gasteiger partial charge in [-0.05, 0) is 44.4 Å². The van der Waals surface area contributed by atoms with Gasteiger partial charge in [-0.3, -0.25) is 5.10 Å². The zero-order valence-electron chi connectivity index (χ0n) is 11.9. The molecule has 1 heterocycles. The van der Waals surface area contributed by atoms with Gasteiger partial charge in [-0.1, -0.05) is 0 Å². The Balaban J connectivity index is 1.93. The molecule has 0 spiro atoms. The van der Waals surface area contributed by atoms with Crippen molar-refractivity contribution >= 4 is 16.0 Å². The Hall–Kier alpha value is -1.41. The number of aromatic amines is 1. The highest BCUT2D eigenvalue weighted by Crippen LogP contribution is 2.36. The number of nitrogens with zero attached hydrogens (tertiary/aromatic N) is 2. The number of sulfonamides is 1. The molecule has 0 atom stereocenters. The standard InChI is InChI=1S/C13H19N3O4S/c1-8-11(13(17)18)12(15-14-8)21(19,20)16(6-9-2-3-9)7-10-4-5-10/h9-10H,2-7H2,1H3,(H,14,15)(H,17,18). The Labute approximate surface area is 123 Å². The van der Waals surface area contributed by atoms with Crippen molar-refractivity contribution in [1.29, 1.82) is 0 Å². The summed E-state index contributed by atoms with van der Waals surface area (Å²) < 4.78 is 27.0. The molecule has 8 heteroatoms. The molecule has 0 radical (unpaired) electrons. The minimum Gasteiger partial charge on any atom is -0.478 e. The first-order chi connectivity index (χ1) is 9.89. The minimum absolute atomic E-state index is 0.244. The topological polar surface area (TPSA) is 103 Å². The van der Waals surface area contributed by atoms with E-state index < -0.39 is 16.0 Å². The van der Waals surface area contributed by atoms with Crippen LogP contribution in [0.3, 0.4) is 0 Å². The number of aryl methyl sites for hydroxylation is 1. The maximum absolute atomic E-state index is 12.8. The molecule has 3 rings (SSSR count). The SMILES string of the molecule is Cc1[nH]nc(S(=O)(=O)N(CC2CC2)CC2CC2)c1C(=O)O. The molecule has 2 aliphatic rings. The first kappa shape index (κ1) is 14.5. The van der Waals surface area contributed by atoms with E-state index in [1.165, 1.54) is 11.2 Å². The molecule has 1 aromatic rings. The van der Waals surface area contributed by atoms with Crippen LogP contribution in [0.4, 0.5) is 0 Å². The highest BCUT2D eigenvalue weighted by atomic mass is 32.2. The van der Waals surface area contributed by atoms with Gasteiger partial charge in [0.2, 0.25) is 5.03 Å². The van der Waals surface area contributed by atoms with Gasteiger partial charge in [0.1, 0.15) is 5.56 Å². The van der Waals surface area contributed by atoms with E-state index >= 15 is 0 Å². The van der Waals surface area contributed by atoms with Crippen molar-refractivity contribution in [2.75, 3.05) is 13.1 Å². The summed E-state index contributed by atoms with van der Waals surface area (Å²) >= 11 is 0. The van der Waals surface area contributed by atoms with E-state index in [-0.39, 0.29) is 16.3 Å². The number of aromatic nitrogens is 2. The minimum atomic E-state index is -3.86. The second-order valence-electron chi connectivity index (χ2n) is 6.04. The summed E-state index contributed by atoms with van der Waals surface area (Å²) in [7, 11) is -3.86. The molecule has 116 valence electrons. The van der Waals surface area contributed by atoms with Crippen molar-refractivity contribution in [3.05, 3.63) is 11.3 Å². The second-order valence-corrected chi connectivity index (χ2v) is 7.90. The monoisotopic (exact) mass is 313 g/mol. The van der Waals surface area contributed by atoms with Gasteiger partial charge in [-0.25, -0.2) is 13.2 Å². The summed E-state index contributed by atoms with van der Waals surface area (Å²) in [6, 6.07) is 0. The van der Waals surface area contributed by atoms with E-state index in [0.29, 0.717) is 24.9 Å². The third-order valence-corrected chi connectivity index (χ3v) is 5.79. The van der Waals surface area contributed by atoms with Crippen LogP contribution in [0, 0.1) is 18.8 Å². The van der Waals surface area contributed by atoms with Crippen molar-refractivity contribution < 1.29 is 18.3 Å². The van der Waals surface area contributed by atoms with E-state index in [0.717, 1.165) is 25.7 Å². The maximum Gasteiger partial charge on any atom is 0.340 e. The van der Waals surface area contributed by atoms with Gasteiger partial charge in [0, 0.05) is 18.8 Å². The van der Waals surface area contributed by atoms with Crippen LogP contribution in [0.5, 0.6) is 0 Å². The summed E-state index contributed by atoms with van der Waals surface area (Å²) in [6.45, 7) is 2.47. The van der Waals surface area contributed by atoms with Gasteiger partial charge in [-0.2, -0.15) is 9.40 Å². The predicted octanol–water partition coefficient (Wildman–Crippen LogP) is 1.23. The first-order valence-electron chi connectivity index (χ1n) is 7.18. The van der Waals surface area contributed by atoms with Gasteiger partial charge in [0.25, 0.3) is 10.0 Å². The molecule has 2 fully saturated rings. The third-order valence-electron chi connectivity index (χ3n) is 4.03. The fourth-order valence-electron chi connectivity index (χ4n) is 2.42. The molecule has 0 bridgehead atoms. The number of hydrogen-bond donors (Lipinski definition) is 2. The van der Waals surface area contributed by atoms with Crippen molar-refractivity contribution in [1.82, 2.24) is 14.5 Å². The van der Waals surface area contributed by atoms with Gasteiger partial charge < -0.3 is 5.11 Å². The lowest BCUT2D eigenvalue weighted by Crippen LogP contribution is -2.35. The fourth-order valence-corrected chi connectivity index (χ4v) is 4.13. The Kier molecular flexibility index (Phi) is 3.53. The lowest BCUT2D eigenvalue weighted by Gasteiger charge is -2.21. The molecule has 0 unspecified atom stereocenters. The van der Waals surface area contributed by atoms with E-state index in [1.54, 1.807) is 0 Å². The molecule has 0 amide bonds. The zero-order valence-corrected chi connectivity index (χ0v) is 12.7. The quantitative estimate of drug-likeness (QED) is 0.788. The molecule has 7 nitrogen and oxygen atoms in total. The van der Waals surface area contributed by atoms with Gasteiger partial charge >= 0.3 is 5.97 Å². The summed E-state index contributed by atoms with van der Waals surface area (Å²) in [4.78, 5) is 11.3. The summed E-state index contributed by atoms with van der Waals surface area (Å²) in [5, 5.41) is 15.1. The molecule has 0 aliphatic heterocycles. The molecular weight excluding hydrogens is 294 g/mol. The first-order valence-corrected chi connectivity index (χ1v) is 8.62. The molecule has 2 aliphatic carbocycles.